The van der Waals surface area contributed by atoms with Crippen LogP contribution in [-0.4, -0.2) is 31.3 Å². The number of nitrogens with one attached hydrogen (secondary N) is 1. The van der Waals surface area contributed by atoms with Crippen LogP contribution in [0.15, 0.2) is 18.2 Å². The van der Waals surface area contributed by atoms with E-state index >= 15 is 0 Å². The third kappa shape index (κ3) is 2.19. The molecule has 3 rings (SSSR count). The molecule has 2 heterocycles. The zero-order valence-electron chi connectivity index (χ0n) is 10.9. The lowest BCUT2D eigenvalue weighted by atomic mass is 9.93. The number of aliphatic hydroxyl groups is 1. The Morgan fingerprint density at radius 1 is 1.28 bits per heavy atom. The minimum atomic E-state index is 0.343. The van der Waals surface area contributed by atoms with Crippen molar-refractivity contribution >= 4 is 11.4 Å². The maximum atomic E-state index is 9.01. The van der Waals surface area contributed by atoms with Gasteiger partial charge in [-0.15, -0.1) is 0 Å². The van der Waals surface area contributed by atoms with Crippen molar-refractivity contribution in [1.29, 1.82) is 0 Å². The van der Waals surface area contributed by atoms with E-state index in [0.29, 0.717) is 6.61 Å². The second-order valence-corrected chi connectivity index (χ2v) is 5.42. The van der Waals surface area contributed by atoms with E-state index in [1.165, 1.54) is 29.8 Å². The summed E-state index contributed by atoms with van der Waals surface area (Å²) in [5.41, 5.74) is 4.25. The summed E-state index contributed by atoms with van der Waals surface area (Å²) in [6.45, 7) is 3.70. The highest BCUT2D eigenvalue weighted by atomic mass is 16.3. The Bertz CT molecular complexity index is 411. The minimum absolute atomic E-state index is 0.343. The molecule has 0 amide bonds. The molecule has 1 aromatic carbocycles. The number of piperidine rings is 1. The first-order valence-corrected chi connectivity index (χ1v) is 7.10. The number of hydrogen-bond acceptors (Lipinski definition) is 3. The molecule has 0 aliphatic carbocycles. The fourth-order valence-electron chi connectivity index (χ4n) is 3.27. The zero-order chi connectivity index (χ0) is 12.4. The van der Waals surface area contributed by atoms with Crippen molar-refractivity contribution in [3.63, 3.8) is 0 Å². The Morgan fingerprint density at radius 2 is 2.11 bits per heavy atom. The lowest BCUT2D eigenvalue weighted by Gasteiger charge is -2.34. The molecule has 0 bridgehead atoms. The smallest absolute Gasteiger partial charge is 0.0433 e. The van der Waals surface area contributed by atoms with Crippen LogP contribution in [0.3, 0.4) is 0 Å². The summed E-state index contributed by atoms with van der Waals surface area (Å²) in [4.78, 5) is 2.53. The highest BCUT2D eigenvalue weighted by Crippen LogP contribution is 2.34. The van der Waals surface area contributed by atoms with Gasteiger partial charge >= 0.3 is 0 Å². The molecule has 0 saturated carbocycles. The van der Waals surface area contributed by atoms with Gasteiger partial charge in [0.2, 0.25) is 0 Å². The molecule has 0 aromatic heterocycles. The first-order chi connectivity index (χ1) is 8.88. The molecular weight excluding hydrogens is 224 g/mol. The second-order valence-electron chi connectivity index (χ2n) is 5.42. The lowest BCUT2D eigenvalue weighted by Crippen LogP contribution is -2.34. The van der Waals surface area contributed by atoms with Gasteiger partial charge in [0.15, 0.2) is 0 Å². The Morgan fingerprint density at radius 3 is 2.89 bits per heavy atom. The Labute approximate surface area is 109 Å². The average Bonchev–Trinajstić information content (AvgIpc) is 2.88. The number of aliphatic hydroxyl groups excluding tert-OH is 1. The van der Waals surface area contributed by atoms with Crippen LogP contribution in [0.4, 0.5) is 11.4 Å². The van der Waals surface area contributed by atoms with Crippen molar-refractivity contribution in [3.05, 3.63) is 23.8 Å². The van der Waals surface area contributed by atoms with Crippen LogP contribution in [0.5, 0.6) is 0 Å². The molecule has 2 N–H and O–H groups in total. The highest BCUT2D eigenvalue weighted by molar-refractivity contribution is 5.69. The first kappa shape index (κ1) is 11.8. The molecule has 1 aromatic rings. The average molecular weight is 246 g/mol. The summed E-state index contributed by atoms with van der Waals surface area (Å²) in [5, 5.41) is 12.5. The predicted molar refractivity (Wildman–Crippen MR) is 75.3 cm³/mol. The van der Waals surface area contributed by atoms with E-state index in [-0.39, 0.29) is 0 Å². The van der Waals surface area contributed by atoms with E-state index in [1.807, 2.05) is 0 Å². The van der Waals surface area contributed by atoms with Crippen molar-refractivity contribution < 1.29 is 5.11 Å². The SMILES string of the molecule is OCCC1CCN(c2cccc3c2CCN3)CC1. The largest absolute Gasteiger partial charge is 0.396 e. The number of rotatable bonds is 3. The van der Waals surface area contributed by atoms with Gasteiger partial charge in [-0.1, -0.05) is 6.07 Å². The molecule has 0 unspecified atom stereocenters. The van der Waals surface area contributed by atoms with Crippen LogP contribution in [-0.2, 0) is 6.42 Å². The minimum Gasteiger partial charge on any atom is -0.396 e. The second kappa shape index (κ2) is 5.19. The summed E-state index contributed by atoms with van der Waals surface area (Å²) in [5.74, 6) is 0.723. The van der Waals surface area contributed by atoms with Gasteiger partial charge in [0.1, 0.15) is 0 Å². The van der Waals surface area contributed by atoms with Gasteiger partial charge < -0.3 is 15.3 Å². The normalized spacial score (nSPS) is 19.7. The Hall–Kier alpha value is -1.22. The highest BCUT2D eigenvalue weighted by Gasteiger charge is 2.22. The van der Waals surface area contributed by atoms with E-state index < -0.39 is 0 Å². The Kier molecular flexibility index (Phi) is 3.41. The Balaban J connectivity index is 1.71. The van der Waals surface area contributed by atoms with E-state index in [9.17, 15) is 0 Å². The van der Waals surface area contributed by atoms with Crippen molar-refractivity contribution in [2.75, 3.05) is 36.5 Å². The number of hydrogen-bond donors (Lipinski definition) is 2. The molecule has 98 valence electrons. The molecule has 2 aliphatic heterocycles. The van der Waals surface area contributed by atoms with Gasteiger partial charge in [-0.25, -0.2) is 0 Å². The van der Waals surface area contributed by atoms with Gasteiger partial charge in [0, 0.05) is 43.2 Å². The molecule has 18 heavy (non-hydrogen) atoms. The maximum absolute atomic E-state index is 9.01. The summed E-state index contributed by atoms with van der Waals surface area (Å²) in [6.07, 6.45) is 4.57. The van der Waals surface area contributed by atoms with Crippen molar-refractivity contribution in [3.8, 4) is 0 Å². The van der Waals surface area contributed by atoms with E-state index in [1.54, 1.807) is 0 Å². The molecular formula is C15H22N2O. The molecule has 0 atom stereocenters. The molecule has 1 fully saturated rings. The summed E-state index contributed by atoms with van der Waals surface area (Å²) >= 11 is 0. The van der Waals surface area contributed by atoms with Crippen molar-refractivity contribution in [2.24, 2.45) is 5.92 Å². The monoisotopic (exact) mass is 246 g/mol. The van der Waals surface area contributed by atoms with Crippen LogP contribution in [0.1, 0.15) is 24.8 Å². The van der Waals surface area contributed by atoms with Crippen LogP contribution in [0, 0.1) is 5.92 Å². The van der Waals surface area contributed by atoms with Crippen LogP contribution >= 0.6 is 0 Å². The lowest BCUT2D eigenvalue weighted by molar-refractivity contribution is 0.240. The molecule has 3 nitrogen and oxygen atoms in total. The van der Waals surface area contributed by atoms with Crippen molar-refractivity contribution in [1.82, 2.24) is 0 Å². The maximum Gasteiger partial charge on any atom is 0.0433 e. The summed E-state index contributed by atoms with van der Waals surface area (Å²) in [7, 11) is 0. The molecule has 1 saturated heterocycles. The topological polar surface area (TPSA) is 35.5 Å². The standard InChI is InChI=1S/C15H22N2O/c18-11-7-12-5-9-17(10-6-12)15-3-1-2-14-13(15)4-8-16-14/h1-3,12,16,18H,4-11H2. The zero-order valence-corrected chi connectivity index (χ0v) is 10.9. The summed E-state index contributed by atoms with van der Waals surface area (Å²) in [6, 6.07) is 6.61. The third-order valence-electron chi connectivity index (χ3n) is 4.33. The van der Waals surface area contributed by atoms with Crippen LogP contribution < -0.4 is 10.2 Å². The van der Waals surface area contributed by atoms with Gasteiger partial charge in [0.25, 0.3) is 0 Å². The fraction of sp³-hybridized carbons (Fsp3) is 0.600. The van der Waals surface area contributed by atoms with Crippen LogP contribution in [0.2, 0.25) is 0 Å². The van der Waals surface area contributed by atoms with E-state index in [4.69, 9.17) is 5.11 Å². The fourth-order valence-corrected chi connectivity index (χ4v) is 3.27. The molecule has 0 radical (unpaired) electrons. The third-order valence-corrected chi connectivity index (χ3v) is 4.33. The first-order valence-electron chi connectivity index (χ1n) is 7.10. The molecule has 2 aliphatic rings. The van der Waals surface area contributed by atoms with Gasteiger partial charge in [0.05, 0.1) is 0 Å². The number of anilines is 2. The number of benzene rings is 1. The molecule has 0 spiro atoms. The van der Waals surface area contributed by atoms with Gasteiger partial charge in [-0.3, -0.25) is 0 Å². The quantitative estimate of drug-likeness (QED) is 0.858. The van der Waals surface area contributed by atoms with Crippen LogP contribution in [0.25, 0.3) is 0 Å². The summed E-state index contributed by atoms with van der Waals surface area (Å²) < 4.78 is 0. The number of nitrogens with zero attached hydrogens (tertiary/aromatic N) is 1. The van der Waals surface area contributed by atoms with Gasteiger partial charge in [-0.2, -0.15) is 0 Å². The van der Waals surface area contributed by atoms with Gasteiger partial charge in [-0.05, 0) is 43.7 Å². The van der Waals surface area contributed by atoms with E-state index in [0.717, 1.165) is 38.4 Å². The van der Waals surface area contributed by atoms with Crippen molar-refractivity contribution in [2.45, 2.75) is 25.7 Å². The van der Waals surface area contributed by atoms with E-state index in [2.05, 4.69) is 28.4 Å². The number of fused-ring (bicyclic) bond motifs is 1. The predicted octanol–water partition coefficient (Wildman–Crippen LogP) is 2.25. The molecule has 3 heteroatoms.